The summed E-state index contributed by atoms with van der Waals surface area (Å²) in [6, 6.07) is 7.98. The zero-order valence-corrected chi connectivity index (χ0v) is 10.9. The fourth-order valence-electron chi connectivity index (χ4n) is 2.73. The first-order valence-corrected chi connectivity index (χ1v) is 6.84. The summed E-state index contributed by atoms with van der Waals surface area (Å²) in [5, 5.41) is 4.50. The van der Waals surface area contributed by atoms with E-state index in [2.05, 4.69) is 20.7 Å². The number of benzene rings is 1. The second kappa shape index (κ2) is 5.40. The number of para-hydroxylation sites is 1. The van der Waals surface area contributed by atoms with Gasteiger partial charge in [0.25, 0.3) is 0 Å². The van der Waals surface area contributed by atoms with Gasteiger partial charge in [0, 0.05) is 11.9 Å². The number of rotatable bonds is 4. The third-order valence-electron chi connectivity index (χ3n) is 3.77. The Morgan fingerprint density at radius 2 is 1.95 bits per heavy atom. The highest BCUT2D eigenvalue weighted by molar-refractivity contribution is 5.89. The number of hydrogen-bond donors (Lipinski definition) is 3. The number of hydrogen-bond acceptors (Lipinski definition) is 5. The van der Waals surface area contributed by atoms with E-state index in [1.165, 1.54) is 25.7 Å². The lowest BCUT2D eigenvalue weighted by Crippen LogP contribution is -2.15. The maximum atomic E-state index is 5.43. The first-order valence-electron chi connectivity index (χ1n) is 6.84. The molecule has 0 radical (unpaired) electrons. The Kier molecular flexibility index (Phi) is 3.46. The van der Waals surface area contributed by atoms with Crippen LogP contribution in [0, 0.1) is 5.92 Å². The van der Waals surface area contributed by atoms with Gasteiger partial charge < -0.3 is 5.32 Å². The average Bonchev–Trinajstić information content (AvgIpc) is 2.97. The van der Waals surface area contributed by atoms with E-state index in [1.54, 1.807) is 0 Å². The standard InChI is InChI=1S/C14H19N5/c15-19-14-17-12-8-4-3-7-11(12)13(18-14)16-9-10-5-1-2-6-10/h3-4,7-8,10H,1-2,5-6,9,15H2,(H2,16,17,18,19). The number of nitrogen functional groups attached to an aromatic ring is 1. The SMILES string of the molecule is NNc1nc(NCC2CCCC2)c2ccccc2n1. The predicted octanol–water partition coefficient (Wildman–Crippen LogP) is 2.52. The molecule has 1 saturated carbocycles. The fraction of sp³-hybridized carbons (Fsp3) is 0.429. The van der Waals surface area contributed by atoms with Gasteiger partial charge in [-0.15, -0.1) is 0 Å². The molecule has 0 aliphatic heterocycles. The molecule has 100 valence electrons. The van der Waals surface area contributed by atoms with Crippen molar-refractivity contribution < 1.29 is 0 Å². The fourth-order valence-corrected chi connectivity index (χ4v) is 2.73. The lowest BCUT2D eigenvalue weighted by Gasteiger charge is -2.13. The second-order valence-electron chi connectivity index (χ2n) is 5.09. The van der Waals surface area contributed by atoms with Crippen molar-refractivity contribution in [1.82, 2.24) is 9.97 Å². The molecular formula is C14H19N5. The van der Waals surface area contributed by atoms with Crippen molar-refractivity contribution >= 4 is 22.7 Å². The van der Waals surface area contributed by atoms with Crippen LogP contribution in [0.15, 0.2) is 24.3 Å². The van der Waals surface area contributed by atoms with Gasteiger partial charge in [0.05, 0.1) is 5.52 Å². The summed E-state index contributed by atoms with van der Waals surface area (Å²) in [4.78, 5) is 8.77. The highest BCUT2D eigenvalue weighted by Gasteiger charge is 2.15. The van der Waals surface area contributed by atoms with Gasteiger partial charge in [-0.2, -0.15) is 4.98 Å². The lowest BCUT2D eigenvalue weighted by molar-refractivity contribution is 0.579. The summed E-state index contributed by atoms with van der Waals surface area (Å²) in [5.74, 6) is 7.51. The first-order chi connectivity index (χ1) is 9.36. The topological polar surface area (TPSA) is 75.9 Å². The molecule has 1 fully saturated rings. The number of aromatic nitrogens is 2. The van der Waals surface area contributed by atoms with Gasteiger partial charge in [-0.05, 0) is 30.9 Å². The van der Waals surface area contributed by atoms with E-state index in [9.17, 15) is 0 Å². The second-order valence-corrected chi connectivity index (χ2v) is 5.09. The zero-order chi connectivity index (χ0) is 13.1. The van der Waals surface area contributed by atoms with Gasteiger partial charge in [0.15, 0.2) is 0 Å². The van der Waals surface area contributed by atoms with Crippen molar-refractivity contribution in [1.29, 1.82) is 0 Å². The summed E-state index contributed by atoms with van der Waals surface area (Å²) >= 11 is 0. The van der Waals surface area contributed by atoms with Crippen LogP contribution in [0.2, 0.25) is 0 Å². The van der Waals surface area contributed by atoms with E-state index in [1.807, 2.05) is 24.3 Å². The molecule has 0 atom stereocenters. The zero-order valence-electron chi connectivity index (χ0n) is 10.9. The van der Waals surface area contributed by atoms with E-state index >= 15 is 0 Å². The Balaban J connectivity index is 1.87. The third kappa shape index (κ3) is 2.61. The maximum absolute atomic E-state index is 5.43. The maximum Gasteiger partial charge on any atom is 0.239 e. The van der Waals surface area contributed by atoms with Gasteiger partial charge in [-0.3, -0.25) is 5.43 Å². The van der Waals surface area contributed by atoms with Gasteiger partial charge in [0.1, 0.15) is 5.82 Å². The molecule has 0 spiro atoms. The molecule has 1 aliphatic rings. The first kappa shape index (κ1) is 12.2. The molecule has 1 aromatic heterocycles. The van der Waals surface area contributed by atoms with E-state index in [-0.39, 0.29) is 0 Å². The number of nitrogens with one attached hydrogen (secondary N) is 2. The predicted molar refractivity (Wildman–Crippen MR) is 77.8 cm³/mol. The molecule has 19 heavy (non-hydrogen) atoms. The third-order valence-corrected chi connectivity index (χ3v) is 3.77. The van der Waals surface area contributed by atoms with Crippen molar-refractivity contribution in [3.05, 3.63) is 24.3 Å². The monoisotopic (exact) mass is 257 g/mol. The highest BCUT2D eigenvalue weighted by atomic mass is 15.3. The van der Waals surface area contributed by atoms with Crippen molar-refractivity contribution in [2.45, 2.75) is 25.7 Å². The van der Waals surface area contributed by atoms with Crippen LogP contribution in [0.4, 0.5) is 11.8 Å². The van der Waals surface area contributed by atoms with Crippen molar-refractivity contribution in [3.63, 3.8) is 0 Å². The summed E-state index contributed by atoms with van der Waals surface area (Å²) in [7, 11) is 0. The van der Waals surface area contributed by atoms with Crippen LogP contribution in [0.3, 0.4) is 0 Å². The molecule has 0 unspecified atom stereocenters. The van der Waals surface area contributed by atoms with Crippen LogP contribution in [0.25, 0.3) is 10.9 Å². The number of hydrazine groups is 1. The normalized spacial score (nSPS) is 15.8. The molecule has 1 aromatic carbocycles. The molecule has 0 saturated heterocycles. The minimum absolute atomic E-state index is 0.452. The summed E-state index contributed by atoms with van der Waals surface area (Å²) in [6.45, 7) is 0.977. The molecule has 3 rings (SSSR count). The van der Waals surface area contributed by atoms with E-state index in [0.717, 1.165) is 29.2 Å². The van der Waals surface area contributed by atoms with Crippen molar-refractivity contribution in [3.8, 4) is 0 Å². The van der Waals surface area contributed by atoms with Crippen LogP contribution < -0.4 is 16.6 Å². The summed E-state index contributed by atoms with van der Waals surface area (Å²) < 4.78 is 0. The molecule has 2 aromatic rings. The number of nitrogens with zero attached hydrogens (tertiary/aromatic N) is 2. The quantitative estimate of drug-likeness (QED) is 0.579. The summed E-state index contributed by atoms with van der Waals surface area (Å²) in [5.41, 5.74) is 3.43. The smallest absolute Gasteiger partial charge is 0.239 e. The Labute approximate surface area is 112 Å². The van der Waals surface area contributed by atoms with E-state index in [0.29, 0.717) is 5.95 Å². The van der Waals surface area contributed by atoms with Gasteiger partial charge in [-0.25, -0.2) is 10.8 Å². The molecule has 1 heterocycles. The molecule has 5 nitrogen and oxygen atoms in total. The van der Waals surface area contributed by atoms with Gasteiger partial charge in [0.2, 0.25) is 5.95 Å². The Bertz CT molecular complexity index is 563. The number of anilines is 2. The summed E-state index contributed by atoms with van der Waals surface area (Å²) in [6.07, 6.45) is 5.34. The largest absolute Gasteiger partial charge is 0.369 e. The van der Waals surface area contributed by atoms with Gasteiger partial charge in [-0.1, -0.05) is 25.0 Å². The molecule has 0 bridgehead atoms. The van der Waals surface area contributed by atoms with Crippen LogP contribution in [0.1, 0.15) is 25.7 Å². The minimum atomic E-state index is 0.452. The number of nitrogens with two attached hydrogens (primary N) is 1. The Hall–Kier alpha value is -1.88. The molecular weight excluding hydrogens is 238 g/mol. The Morgan fingerprint density at radius 1 is 1.16 bits per heavy atom. The van der Waals surface area contributed by atoms with Crippen LogP contribution in [0.5, 0.6) is 0 Å². The van der Waals surface area contributed by atoms with E-state index < -0.39 is 0 Å². The highest BCUT2D eigenvalue weighted by Crippen LogP contribution is 2.26. The van der Waals surface area contributed by atoms with E-state index in [4.69, 9.17) is 5.84 Å². The minimum Gasteiger partial charge on any atom is -0.369 e. The molecule has 4 N–H and O–H groups in total. The molecule has 0 amide bonds. The molecule has 5 heteroatoms. The lowest BCUT2D eigenvalue weighted by atomic mass is 10.1. The average molecular weight is 257 g/mol. The van der Waals surface area contributed by atoms with Crippen LogP contribution >= 0.6 is 0 Å². The van der Waals surface area contributed by atoms with Crippen LogP contribution in [-0.2, 0) is 0 Å². The van der Waals surface area contributed by atoms with Crippen molar-refractivity contribution in [2.24, 2.45) is 11.8 Å². The molecule has 1 aliphatic carbocycles. The van der Waals surface area contributed by atoms with Crippen LogP contribution in [-0.4, -0.2) is 16.5 Å². The number of fused-ring (bicyclic) bond motifs is 1. The van der Waals surface area contributed by atoms with Gasteiger partial charge >= 0.3 is 0 Å². The Morgan fingerprint density at radius 3 is 2.74 bits per heavy atom. The van der Waals surface area contributed by atoms with Crippen molar-refractivity contribution in [2.75, 3.05) is 17.3 Å².